The van der Waals surface area contributed by atoms with Gasteiger partial charge >= 0.3 is 5.97 Å². The molecule has 0 radical (unpaired) electrons. The van der Waals surface area contributed by atoms with Crippen LogP contribution < -0.4 is 5.32 Å². The van der Waals surface area contributed by atoms with Crippen molar-refractivity contribution in [1.82, 2.24) is 9.97 Å². The van der Waals surface area contributed by atoms with E-state index in [1.54, 1.807) is 18.7 Å². The van der Waals surface area contributed by atoms with Gasteiger partial charge in [0.15, 0.2) is 9.84 Å². The number of aryl methyl sites for hydroxylation is 1. The zero-order valence-electron chi connectivity index (χ0n) is 18.2. The lowest BCUT2D eigenvalue weighted by molar-refractivity contribution is 0.0531. The molecule has 0 bridgehead atoms. The van der Waals surface area contributed by atoms with E-state index in [4.69, 9.17) is 14.7 Å². The van der Waals surface area contributed by atoms with Crippen molar-refractivity contribution in [1.29, 1.82) is 0 Å². The van der Waals surface area contributed by atoms with Gasteiger partial charge in [0.05, 0.1) is 34.8 Å². The van der Waals surface area contributed by atoms with Crippen LogP contribution in [0.4, 0.5) is 5.82 Å². The summed E-state index contributed by atoms with van der Waals surface area (Å²) >= 11 is 2.91. The number of carbonyl (C=O) groups excluding carboxylic acids is 1. The van der Waals surface area contributed by atoms with E-state index in [0.717, 1.165) is 15.8 Å². The molecule has 7 nitrogen and oxygen atoms in total. The topological polar surface area (TPSA) is 98.2 Å². The summed E-state index contributed by atoms with van der Waals surface area (Å²) in [6.07, 6.45) is 0.503. The molecule has 0 unspecified atom stereocenters. The number of rotatable bonds is 7. The molecule has 1 N–H and O–H groups in total. The van der Waals surface area contributed by atoms with Crippen LogP contribution in [0.5, 0.6) is 0 Å². The molecule has 0 saturated carbocycles. The Morgan fingerprint density at radius 1 is 1.28 bits per heavy atom. The largest absolute Gasteiger partial charge is 0.462 e. The highest BCUT2D eigenvalue weighted by molar-refractivity contribution is 7.98. The normalized spacial score (nSPS) is 19.8. The minimum Gasteiger partial charge on any atom is -0.462 e. The Labute approximate surface area is 195 Å². The van der Waals surface area contributed by atoms with Crippen LogP contribution in [-0.4, -0.2) is 48.0 Å². The average Bonchev–Trinajstić information content (AvgIpc) is 3.22. The number of esters is 1. The standard InChI is InChI=1S/C22H25N3O4S3/c1-4-29-21(26)18-14(2)17-19(25-22(3)10-11-32(27,28)13-22)23-16(24-20(17)31-18)12-30-15-8-6-5-7-9-15/h5-9H,4,10-13H2,1-3H3,(H,23,24,25)/t22-/m0/s1. The van der Waals surface area contributed by atoms with Crippen molar-refractivity contribution < 1.29 is 17.9 Å². The van der Waals surface area contributed by atoms with Gasteiger partial charge in [-0.2, -0.15) is 0 Å². The van der Waals surface area contributed by atoms with Crippen molar-refractivity contribution in [2.75, 3.05) is 23.4 Å². The van der Waals surface area contributed by atoms with Gasteiger partial charge in [-0.1, -0.05) is 18.2 Å². The van der Waals surface area contributed by atoms with Crippen molar-refractivity contribution in [3.63, 3.8) is 0 Å². The molecule has 1 atom stereocenters. The lowest BCUT2D eigenvalue weighted by Gasteiger charge is -2.25. The third kappa shape index (κ3) is 4.92. The summed E-state index contributed by atoms with van der Waals surface area (Å²) in [6, 6.07) is 9.99. The number of fused-ring (bicyclic) bond motifs is 1. The molecule has 0 spiro atoms. The first-order valence-corrected chi connectivity index (χ1v) is 14.0. The third-order valence-corrected chi connectivity index (χ3v) is 9.41. The van der Waals surface area contributed by atoms with E-state index >= 15 is 0 Å². The summed E-state index contributed by atoms with van der Waals surface area (Å²) in [5, 5.41) is 4.14. The van der Waals surface area contributed by atoms with E-state index < -0.39 is 15.4 Å². The molecule has 4 rings (SSSR count). The van der Waals surface area contributed by atoms with Gasteiger partial charge in [0.1, 0.15) is 21.3 Å². The number of ether oxygens (including phenoxy) is 1. The Kier molecular flexibility index (Phi) is 6.46. The summed E-state index contributed by atoms with van der Waals surface area (Å²) in [5.41, 5.74) is 0.125. The third-order valence-electron chi connectivity index (χ3n) is 5.33. The van der Waals surface area contributed by atoms with Crippen molar-refractivity contribution in [2.45, 2.75) is 43.4 Å². The minimum atomic E-state index is -3.09. The monoisotopic (exact) mass is 491 g/mol. The number of aromatic nitrogens is 2. The summed E-state index contributed by atoms with van der Waals surface area (Å²) in [5.74, 6) is 1.56. The fraction of sp³-hybridized carbons (Fsp3) is 0.409. The number of thioether (sulfide) groups is 1. The van der Waals surface area contributed by atoms with Crippen molar-refractivity contribution in [3.05, 3.63) is 46.6 Å². The first kappa shape index (κ1) is 23.0. The average molecular weight is 492 g/mol. The minimum absolute atomic E-state index is 0.0491. The van der Waals surface area contributed by atoms with Crippen LogP contribution in [0.1, 0.15) is 41.3 Å². The highest BCUT2D eigenvalue weighted by Crippen LogP contribution is 2.37. The molecule has 32 heavy (non-hydrogen) atoms. The maximum absolute atomic E-state index is 12.5. The molecule has 1 aliphatic rings. The summed E-state index contributed by atoms with van der Waals surface area (Å²) in [7, 11) is -3.09. The van der Waals surface area contributed by atoms with E-state index in [-0.39, 0.29) is 24.1 Å². The molecule has 2 aromatic heterocycles. The van der Waals surface area contributed by atoms with Crippen LogP contribution in [0, 0.1) is 6.92 Å². The molecule has 3 heterocycles. The van der Waals surface area contributed by atoms with Crippen LogP contribution in [0.15, 0.2) is 35.2 Å². The molecule has 170 valence electrons. The maximum Gasteiger partial charge on any atom is 0.348 e. The van der Waals surface area contributed by atoms with E-state index in [2.05, 4.69) is 5.32 Å². The van der Waals surface area contributed by atoms with E-state index in [1.807, 2.05) is 44.2 Å². The number of thiophene rings is 1. The van der Waals surface area contributed by atoms with Crippen LogP contribution in [0.2, 0.25) is 0 Å². The molecule has 1 aliphatic heterocycles. The van der Waals surface area contributed by atoms with Crippen LogP contribution in [-0.2, 0) is 20.3 Å². The van der Waals surface area contributed by atoms with Crippen molar-refractivity contribution in [2.24, 2.45) is 0 Å². The number of nitrogens with zero attached hydrogens (tertiary/aromatic N) is 2. The van der Waals surface area contributed by atoms with Gasteiger partial charge in [-0.25, -0.2) is 23.2 Å². The fourth-order valence-electron chi connectivity index (χ4n) is 3.79. The van der Waals surface area contributed by atoms with Gasteiger partial charge < -0.3 is 10.1 Å². The molecule has 0 aliphatic carbocycles. The maximum atomic E-state index is 12.5. The predicted molar refractivity (Wildman–Crippen MR) is 129 cm³/mol. The van der Waals surface area contributed by atoms with E-state index in [1.165, 1.54) is 11.3 Å². The number of hydrogen-bond donors (Lipinski definition) is 1. The highest BCUT2D eigenvalue weighted by atomic mass is 32.2. The molecule has 1 aromatic carbocycles. The van der Waals surface area contributed by atoms with Crippen molar-refractivity contribution in [3.8, 4) is 0 Å². The van der Waals surface area contributed by atoms with E-state index in [0.29, 0.717) is 33.5 Å². The molecule has 3 aromatic rings. The number of nitrogens with one attached hydrogen (secondary N) is 1. The first-order chi connectivity index (χ1) is 15.2. The zero-order valence-corrected chi connectivity index (χ0v) is 20.6. The number of sulfone groups is 1. The van der Waals surface area contributed by atoms with Crippen LogP contribution >= 0.6 is 23.1 Å². The summed E-state index contributed by atoms with van der Waals surface area (Å²) < 4.78 is 29.5. The molecular formula is C22H25N3O4S3. The van der Waals surface area contributed by atoms with Gasteiger partial charge in [-0.3, -0.25) is 0 Å². The molecule has 10 heteroatoms. The Morgan fingerprint density at radius 3 is 2.69 bits per heavy atom. The van der Waals surface area contributed by atoms with Crippen LogP contribution in [0.3, 0.4) is 0 Å². The molecule has 1 saturated heterocycles. The number of carbonyl (C=O) groups is 1. The second-order valence-corrected chi connectivity index (χ2v) is 12.3. The number of benzene rings is 1. The molecular weight excluding hydrogens is 466 g/mol. The summed E-state index contributed by atoms with van der Waals surface area (Å²) in [4.78, 5) is 24.3. The first-order valence-electron chi connectivity index (χ1n) is 10.3. The van der Waals surface area contributed by atoms with E-state index in [9.17, 15) is 13.2 Å². The highest BCUT2D eigenvalue weighted by Gasteiger charge is 2.39. The Balaban J connectivity index is 1.74. The van der Waals surface area contributed by atoms with Gasteiger partial charge in [-0.15, -0.1) is 23.1 Å². The van der Waals surface area contributed by atoms with Gasteiger partial charge in [0.2, 0.25) is 0 Å². The Morgan fingerprint density at radius 2 is 2.03 bits per heavy atom. The SMILES string of the molecule is CCOC(=O)c1sc2nc(CSc3ccccc3)nc(N[C@@]3(C)CCS(=O)(=O)C3)c2c1C. The molecule has 0 amide bonds. The smallest absolute Gasteiger partial charge is 0.348 e. The number of anilines is 1. The van der Waals surface area contributed by atoms with Crippen LogP contribution in [0.25, 0.3) is 10.2 Å². The lowest BCUT2D eigenvalue weighted by Crippen LogP contribution is -2.36. The molecule has 1 fully saturated rings. The second kappa shape index (κ2) is 8.99. The van der Waals surface area contributed by atoms with Gasteiger partial charge in [0, 0.05) is 4.90 Å². The van der Waals surface area contributed by atoms with Gasteiger partial charge in [-0.05, 0) is 44.9 Å². The lowest BCUT2D eigenvalue weighted by atomic mass is 10.0. The second-order valence-electron chi connectivity index (χ2n) is 8.07. The quantitative estimate of drug-likeness (QED) is 0.382. The fourth-order valence-corrected chi connectivity index (χ4v) is 7.75. The summed E-state index contributed by atoms with van der Waals surface area (Å²) in [6.45, 7) is 5.81. The number of hydrogen-bond acceptors (Lipinski definition) is 9. The predicted octanol–water partition coefficient (Wildman–Crippen LogP) is 4.46. The Bertz CT molecular complexity index is 1260. The zero-order chi connectivity index (χ0) is 22.9. The Hall–Kier alpha value is -2.17. The van der Waals surface area contributed by atoms with Crippen molar-refractivity contribution >= 4 is 54.9 Å². The van der Waals surface area contributed by atoms with Gasteiger partial charge in [0.25, 0.3) is 0 Å².